The summed E-state index contributed by atoms with van der Waals surface area (Å²) in [4.78, 5) is 37.9. The average molecular weight is 386 g/mol. The first-order valence-corrected chi connectivity index (χ1v) is 9.02. The van der Waals surface area contributed by atoms with E-state index >= 15 is 0 Å². The number of hydrogen-bond acceptors (Lipinski definition) is 3. The molecule has 2 unspecified atom stereocenters. The predicted molar refractivity (Wildman–Crippen MR) is 102 cm³/mol. The molecule has 2 aromatic carbocycles. The van der Waals surface area contributed by atoms with Crippen molar-refractivity contribution in [2.24, 2.45) is 0 Å². The van der Waals surface area contributed by atoms with Crippen molar-refractivity contribution in [3.63, 3.8) is 0 Å². The van der Waals surface area contributed by atoms with Crippen LogP contribution >= 0.6 is 11.6 Å². The lowest BCUT2D eigenvalue weighted by Crippen LogP contribution is -2.42. The van der Waals surface area contributed by atoms with Gasteiger partial charge in [-0.2, -0.15) is 0 Å². The van der Waals surface area contributed by atoms with E-state index in [2.05, 4.69) is 10.6 Å². The first-order chi connectivity index (χ1) is 12.9. The van der Waals surface area contributed by atoms with Crippen molar-refractivity contribution in [1.82, 2.24) is 15.5 Å². The van der Waals surface area contributed by atoms with Crippen LogP contribution in [0.4, 0.5) is 4.79 Å². The Morgan fingerprint density at radius 3 is 2.63 bits per heavy atom. The number of carbonyl (C=O) groups is 3. The van der Waals surface area contributed by atoms with E-state index in [4.69, 9.17) is 11.6 Å². The summed E-state index contributed by atoms with van der Waals surface area (Å²) in [5.41, 5.74) is 1.78. The van der Waals surface area contributed by atoms with E-state index in [0.29, 0.717) is 11.4 Å². The van der Waals surface area contributed by atoms with Crippen LogP contribution < -0.4 is 10.6 Å². The third-order valence-electron chi connectivity index (χ3n) is 4.42. The van der Waals surface area contributed by atoms with Crippen molar-refractivity contribution in [3.05, 3.63) is 70.7 Å². The summed E-state index contributed by atoms with van der Waals surface area (Å²) in [7, 11) is 0. The Kier molecular flexibility index (Phi) is 5.76. The second-order valence-corrected chi connectivity index (χ2v) is 6.90. The van der Waals surface area contributed by atoms with Gasteiger partial charge in [0.25, 0.3) is 5.91 Å². The van der Waals surface area contributed by atoms with Crippen LogP contribution in [0.15, 0.2) is 54.6 Å². The van der Waals surface area contributed by atoms with E-state index in [1.54, 1.807) is 18.2 Å². The van der Waals surface area contributed by atoms with Gasteiger partial charge in [-0.3, -0.25) is 14.5 Å². The molecule has 0 radical (unpaired) electrons. The van der Waals surface area contributed by atoms with E-state index in [0.717, 1.165) is 16.0 Å². The Hall–Kier alpha value is -2.86. The highest BCUT2D eigenvalue weighted by Crippen LogP contribution is 2.17. The summed E-state index contributed by atoms with van der Waals surface area (Å²) in [5.74, 6) is -0.805. The molecule has 0 bridgehead atoms. The van der Waals surface area contributed by atoms with Crippen molar-refractivity contribution < 1.29 is 14.4 Å². The molecule has 1 aliphatic heterocycles. The maximum atomic E-state index is 12.5. The molecule has 6 nitrogen and oxygen atoms in total. The topological polar surface area (TPSA) is 78.5 Å². The van der Waals surface area contributed by atoms with E-state index < -0.39 is 23.9 Å². The lowest BCUT2D eigenvalue weighted by atomic mass is 10.1. The first-order valence-electron chi connectivity index (χ1n) is 8.64. The zero-order valence-electron chi connectivity index (χ0n) is 14.8. The molecule has 1 saturated heterocycles. The Labute approximate surface area is 162 Å². The fourth-order valence-corrected chi connectivity index (χ4v) is 3.20. The molecule has 1 aliphatic rings. The maximum Gasteiger partial charge on any atom is 0.325 e. The van der Waals surface area contributed by atoms with Crippen molar-refractivity contribution in [2.75, 3.05) is 6.54 Å². The highest BCUT2D eigenvalue weighted by atomic mass is 35.5. The summed E-state index contributed by atoms with van der Waals surface area (Å²) < 4.78 is 0. The summed E-state index contributed by atoms with van der Waals surface area (Å²) >= 11 is 5.97. The van der Waals surface area contributed by atoms with Crippen LogP contribution in [0.3, 0.4) is 0 Å². The minimum atomic E-state index is -0.655. The quantitative estimate of drug-likeness (QED) is 0.750. The zero-order chi connectivity index (χ0) is 19.4. The van der Waals surface area contributed by atoms with E-state index in [1.165, 1.54) is 0 Å². The summed E-state index contributed by atoms with van der Waals surface area (Å²) in [6.45, 7) is 1.49. The third kappa shape index (κ3) is 4.65. The standard InChI is InChI=1S/C20H20ClN3O3/c1-13(15-8-5-9-16(21)11-15)22-18(25)12-24-19(26)17(23-20(24)27)10-14-6-3-2-4-7-14/h2-9,11,13,17H,10,12H2,1H3,(H,22,25)(H,23,27). The van der Waals surface area contributed by atoms with E-state index in [9.17, 15) is 14.4 Å². The number of halogens is 1. The highest BCUT2D eigenvalue weighted by Gasteiger charge is 2.38. The SMILES string of the molecule is CC(NC(=O)CN1C(=O)NC(Cc2ccccc2)C1=O)c1cccc(Cl)c1. The number of amides is 4. The third-order valence-corrected chi connectivity index (χ3v) is 4.65. The number of urea groups is 1. The summed E-state index contributed by atoms with van der Waals surface area (Å²) in [6, 6.07) is 15.1. The number of imide groups is 1. The number of nitrogens with zero attached hydrogens (tertiary/aromatic N) is 1. The van der Waals surface area contributed by atoms with Gasteiger partial charge in [0.05, 0.1) is 6.04 Å². The molecule has 0 saturated carbocycles. The fourth-order valence-electron chi connectivity index (χ4n) is 3.00. The van der Waals surface area contributed by atoms with Crippen molar-refractivity contribution in [1.29, 1.82) is 0 Å². The normalized spacial score (nSPS) is 17.6. The van der Waals surface area contributed by atoms with Gasteiger partial charge in [0.1, 0.15) is 12.6 Å². The van der Waals surface area contributed by atoms with Crippen molar-refractivity contribution >= 4 is 29.4 Å². The summed E-state index contributed by atoms with van der Waals surface area (Å²) in [5, 5.41) is 6.00. The fraction of sp³-hybridized carbons (Fsp3) is 0.250. The van der Waals surface area contributed by atoms with Crippen LogP contribution in [0.1, 0.15) is 24.1 Å². The molecule has 1 heterocycles. The lowest BCUT2D eigenvalue weighted by molar-refractivity contribution is -0.132. The van der Waals surface area contributed by atoms with Gasteiger partial charge in [-0.1, -0.05) is 54.1 Å². The Morgan fingerprint density at radius 2 is 1.93 bits per heavy atom. The van der Waals surface area contributed by atoms with Crippen molar-refractivity contribution in [2.45, 2.75) is 25.4 Å². The predicted octanol–water partition coefficient (Wildman–Crippen LogP) is 2.68. The molecule has 0 aliphatic carbocycles. The molecular weight excluding hydrogens is 366 g/mol. The molecule has 2 aromatic rings. The summed E-state index contributed by atoms with van der Waals surface area (Å²) in [6.07, 6.45) is 0.391. The van der Waals surface area contributed by atoms with Gasteiger partial charge in [-0.05, 0) is 30.2 Å². The highest BCUT2D eigenvalue weighted by molar-refractivity contribution is 6.30. The number of rotatable bonds is 6. The molecule has 1 fully saturated rings. The van der Waals surface area contributed by atoms with Gasteiger partial charge < -0.3 is 10.6 Å². The van der Waals surface area contributed by atoms with E-state index in [-0.39, 0.29) is 12.6 Å². The van der Waals surface area contributed by atoms with Gasteiger partial charge in [-0.15, -0.1) is 0 Å². The second-order valence-electron chi connectivity index (χ2n) is 6.46. The number of carbonyl (C=O) groups excluding carboxylic acids is 3. The minimum absolute atomic E-state index is 0.294. The molecule has 4 amide bonds. The lowest BCUT2D eigenvalue weighted by Gasteiger charge is -2.17. The molecule has 140 valence electrons. The van der Waals surface area contributed by atoms with Crippen LogP contribution in [0, 0.1) is 0 Å². The number of benzene rings is 2. The molecular formula is C20H20ClN3O3. The van der Waals surface area contributed by atoms with Crippen LogP contribution in [0.25, 0.3) is 0 Å². The molecule has 2 N–H and O–H groups in total. The maximum absolute atomic E-state index is 12.5. The van der Waals surface area contributed by atoms with Crippen LogP contribution in [0.5, 0.6) is 0 Å². The Bertz CT molecular complexity index is 857. The van der Waals surface area contributed by atoms with Crippen LogP contribution in [0.2, 0.25) is 5.02 Å². The number of hydrogen-bond donors (Lipinski definition) is 2. The van der Waals surface area contributed by atoms with Crippen LogP contribution in [-0.2, 0) is 16.0 Å². The average Bonchev–Trinajstić information content (AvgIpc) is 2.90. The van der Waals surface area contributed by atoms with Gasteiger partial charge in [0.15, 0.2) is 0 Å². The molecule has 3 rings (SSSR count). The molecule has 0 aromatic heterocycles. The second kappa shape index (κ2) is 8.22. The van der Waals surface area contributed by atoms with Gasteiger partial charge in [0.2, 0.25) is 5.91 Å². The Balaban J connectivity index is 1.59. The minimum Gasteiger partial charge on any atom is -0.348 e. The van der Waals surface area contributed by atoms with Crippen molar-refractivity contribution in [3.8, 4) is 0 Å². The first kappa shape index (κ1) is 18.9. The molecule has 7 heteroatoms. The van der Waals surface area contributed by atoms with Gasteiger partial charge in [0, 0.05) is 11.4 Å². The van der Waals surface area contributed by atoms with Crippen LogP contribution in [-0.4, -0.2) is 35.3 Å². The van der Waals surface area contributed by atoms with Gasteiger partial charge in [-0.25, -0.2) is 4.79 Å². The molecule has 27 heavy (non-hydrogen) atoms. The zero-order valence-corrected chi connectivity index (χ0v) is 15.6. The largest absolute Gasteiger partial charge is 0.348 e. The molecule has 0 spiro atoms. The molecule has 2 atom stereocenters. The Morgan fingerprint density at radius 1 is 1.19 bits per heavy atom. The van der Waals surface area contributed by atoms with Gasteiger partial charge >= 0.3 is 6.03 Å². The monoisotopic (exact) mass is 385 g/mol. The van der Waals surface area contributed by atoms with E-state index in [1.807, 2.05) is 43.3 Å². The smallest absolute Gasteiger partial charge is 0.325 e. The number of nitrogens with one attached hydrogen (secondary N) is 2.